The molecule has 0 spiro atoms. The number of nitrogens with two attached hydrogens (primary N) is 1. The highest BCUT2D eigenvalue weighted by atomic mass is 19.4. The maximum Gasteiger partial charge on any atom is 0.405 e. The Morgan fingerprint density at radius 1 is 1.11 bits per heavy atom. The molecule has 2 rings (SSSR count). The van der Waals surface area contributed by atoms with Gasteiger partial charge < -0.3 is 5.73 Å². The number of nitrogens with zero attached hydrogens (tertiary/aromatic N) is 1. The van der Waals surface area contributed by atoms with Gasteiger partial charge in [0.15, 0.2) is 0 Å². The van der Waals surface area contributed by atoms with Gasteiger partial charge in [-0.1, -0.05) is 24.3 Å². The summed E-state index contributed by atoms with van der Waals surface area (Å²) in [7, 11) is 0. The van der Waals surface area contributed by atoms with Gasteiger partial charge in [0.05, 0.1) is 0 Å². The molecule has 0 bridgehead atoms. The van der Waals surface area contributed by atoms with Crippen molar-refractivity contribution in [3.05, 3.63) is 35.4 Å². The second kappa shape index (κ2) is 5.51. The minimum Gasteiger partial charge on any atom is -0.326 e. The van der Waals surface area contributed by atoms with Crippen molar-refractivity contribution in [1.29, 1.82) is 0 Å². The number of hydrogen-bond acceptors (Lipinski definition) is 2. The maximum atomic E-state index is 13.1. The molecule has 1 aliphatic heterocycles. The average Bonchev–Trinajstić information content (AvgIpc) is 2.50. The Balaban J connectivity index is 2.16. The van der Waals surface area contributed by atoms with Gasteiger partial charge in [0.25, 0.3) is 0 Å². The van der Waals surface area contributed by atoms with Crippen LogP contribution in [0.15, 0.2) is 24.3 Å². The van der Waals surface area contributed by atoms with Crippen LogP contribution in [0.5, 0.6) is 0 Å². The number of rotatable bonds is 2. The molecule has 1 aromatic carbocycles. The predicted octanol–water partition coefficient (Wildman–Crippen LogP) is 2.37. The molecular formula is C14H19F3N2. The summed E-state index contributed by atoms with van der Waals surface area (Å²) < 4.78 is 39.3. The topological polar surface area (TPSA) is 29.3 Å². The number of fused-ring (bicyclic) bond motifs is 1. The van der Waals surface area contributed by atoms with Crippen molar-refractivity contribution in [2.75, 3.05) is 13.1 Å². The molecule has 0 aromatic heterocycles. The van der Waals surface area contributed by atoms with Crippen LogP contribution in [-0.4, -0.2) is 36.2 Å². The highest BCUT2D eigenvalue weighted by molar-refractivity contribution is 5.28. The molecule has 2 N–H and O–H groups in total. The average molecular weight is 272 g/mol. The SMILES string of the molecule is CC(N)C(N1CCc2ccccc2CC1)C(F)(F)F. The van der Waals surface area contributed by atoms with Crippen LogP contribution in [-0.2, 0) is 12.8 Å². The van der Waals surface area contributed by atoms with Crippen LogP contribution in [0.2, 0.25) is 0 Å². The van der Waals surface area contributed by atoms with Gasteiger partial charge in [0.1, 0.15) is 6.04 Å². The number of benzene rings is 1. The molecule has 1 aromatic rings. The van der Waals surface area contributed by atoms with Gasteiger partial charge in [-0.2, -0.15) is 13.2 Å². The monoisotopic (exact) mass is 272 g/mol. The van der Waals surface area contributed by atoms with E-state index in [4.69, 9.17) is 5.73 Å². The molecule has 19 heavy (non-hydrogen) atoms. The first kappa shape index (κ1) is 14.3. The third kappa shape index (κ3) is 3.28. The molecule has 106 valence electrons. The molecule has 5 heteroatoms. The van der Waals surface area contributed by atoms with E-state index in [1.165, 1.54) is 11.8 Å². The van der Waals surface area contributed by atoms with Crippen molar-refractivity contribution in [2.45, 2.75) is 38.0 Å². The van der Waals surface area contributed by atoms with Crippen molar-refractivity contribution >= 4 is 0 Å². The lowest BCUT2D eigenvalue weighted by Gasteiger charge is -2.34. The second-order valence-electron chi connectivity index (χ2n) is 5.15. The smallest absolute Gasteiger partial charge is 0.326 e. The summed E-state index contributed by atoms with van der Waals surface area (Å²) in [5.41, 5.74) is 7.85. The van der Waals surface area contributed by atoms with Gasteiger partial charge in [-0.25, -0.2) is 0 Å². The van der Waals surface area contributed by atoms with Crippen LogP contribution in [0.1, 0.15) is 18.1 Å². The van der Waals surface area contributed by atoms with E-state index in [-0.39, 0.29) is 0 Å². The molecule has 1 aliphatic rings. The second-order valence-corrected chi connectivity index (χ2v) is 5.15. The first-order chi connectivity index (χ1) is 8.89. The van der Waals surface area contributed by atoms with Crippen molar-refractivity contribution in [1.82, 2.24) is 4.90 Å². The first-order valence-electron chi connectivity index (χ1n) is 6.52. The summed E-state index contributed by atoms with van der Waals surface area (Å²) in [5.74, 6) is 0. The van der Waals surface area contributed by atoms with E-state index in [9.17, 15) is 13.2 Å². The number of halogens is 3. The van der Waals surface area contributed by atoms with Gasteiger partial charge in [0, 0.05) is 19.1 Å². The molecule has 2 nitrogen and oxygen atoms in total. The third-order valence-electron chi connectivity index (χ3n) is 3.68. The van der Waals surface area contributed by atoms with Crippen molar-refractivity contribution in [3.63, 3.8) is 0 Å². The van der Waals surface area contributed by atoms with Crippen LogP contribution in [0.4, 0.5) is 13.2 Å². The van der Waals surface area contributed by atoms with Gasteiger partial charge in [0.2, 0.25) is 0 Å². The Kier molecular flexibility index (Phi) is 4.16. The van der Waals surface area contributed by atoms with E-state index in [2.05, 4.69) is 0 Å². The molecule has 0 radical (unpaired) electrons. The summed E-state index contributed by atoms with van der Waals surface area (Å²) in [5, 5.41) is 0. The van der Waals surface area contributed by atoms with E-state index < -0.39 is 18.3 Å². The largest absolute Gasteiger partial charge is 0.405 e. The van der Waals surface area contributed by atoms with Gasteiger partial charge in [-0.3, -0.25) is 4.90 Å². The van der Waals surface area contributed by atoms with Crippen LogP contribution in [0.3, 0.4) is 0 Å². The van der Waals surface area contributed by atoms with E-state index in [1.54, 1.807) is 0 Å². The van der Waals surface area contributed by atoms with Gasteiger partial charge in [-0.05, 0) is 30.9 Å². The molecule has 0 aliphatic carbocycles. The highest BCUT2D eigenvalue weighted by Crippen LogP contribution is 2.28. The van der Waals surface area contributed by atoms with Crippen LogP contribution in [0.25, 0.3) is 0 Å². The zero-order chi connectivity index (χ0) is 14.0. The van der Waals surface area contributed by atoms with E-state index in [1.807, 2.05) is 24.3 Å². The van der Waals surface area contributed by atoms with Crippen molar-refractivity contribution in [2.24, 2.45) is 5.73 Å². The summed E-state index contributed by atoms with van der Waals surface area (Å²) in [6.45, 7) is 2.24. The Hall–Kier alpha value is -1.07. The van der Waals surface area contributed by atoms with Crippen LogP contribution in [0, 0.1) is 0 Å². The lowest BCUT2D eigenvalue weighted by molar-refractivity contribution is -0.187. The fourth-order valence-corrected chi connectivity index (χ4v) is 2.80. The summed E-state index contributed by atoms with van der Waals surface area (Å²) in [6.07, 6.45) is -2.98. The van der Waals surface area contributed by atoms with E-state index >= 15 is 0 Å². The van der Waals surface area contributed by atoms with Crippen molar-refractivity contribution < 1.29 is 13.2 Å². The minimum absolute atomic E-state index is 0.405. The molecule has 2 atom stereocenters. The zero-order valence-electron chi connectivity index (χ0n) is 11.0. The Labute approximate surface area is 111 Å². The third-order valence-corrected chi connectivity index (χ3v) is 3.68. The fourth-order valence-electron chi connectivity index (χ4n) is 2.80. The molecule has 0 fully saturated rings. The van der Waals surface area contributed by atoms with Gasteiger partial charge >= 0.3 is 6.18 Å². The highest BCUT2D eigenvalue weighted by Gasteiger charge is 2.45. The summed E-state index contributed by atoms with van der Waals surface area (Å²) >= 11 is 0. The minimum atomic E-state index is -4.27. The normalized spacial score (nSPS) is 20.5. The first-order valence-corrected chi connectivity index (χ1v) is 6.52. The molecule has 1 heterocycles. The number of alkyl halides is 3. The molecule has 2 unspecified atom stereocenters. The van der Waals surface area contributed by atoms with Crippen LogP contribution >= 0.6 is 0 Å². The van der Waals surface area contributed by atoms with E-state index in [0.717, 1.165) is 11.1 Å². The Bertz CT molecular complexity index is 402. The van der Waals surface area contributed by atoms with Crippen LogP contribution < -0.4 is 5.73 Å². The zero-order valence-corrected chi connectivity index (χ0v) is 11.0. The quantitative estimate of drug-likeness (QED) is 0.895. The predicted molar refractivity (Wildman–Crippen MR) is 68.9 cm³/mol. The lowest BCUT2D eigenvalue weighted by Crippen LogP contribution is -2.55. The lowest BCUT2D eigenvalue weighted by atomic mass is 10.0. The van der Waals surface area contributed by atoms with E-state index in [0.29, 0.717) is 25.9 Å². The standard InChI is InChI=1S/C14H19F3N2/c1-10(18)13(14(15,16)17)19-8-6-11-4-2-3-5-12(11)7-9-19/h2-5,10,13H,6-9,18H2,1H3. The fraction of sp³-hybridized carbons (Fsp3) is 0.571. The van der Waals surface area contributed by atoms with Crippen molar-refractivity contribution in [3.8, 4) is 0 Å². The number of hydrogen-bond donors (Lipinski definition) is 1. The molecule has 0 amide bonds. The molecular weight excluding hydrogens is 253 g/mol. The Morgan fingerprint density at radius 3 is 1.95 bits per heavy atom. The molecule has 0 saturated heterocycles. The Morgan fingerprint density at radius 2 is 1.58 bits per heavy atom. The maximum absolute atomic E-state index is 13.1. The summed E-state index contributed by atoms with van der Waals surface area (Å²) in [6, 6.07) is 5.38. The van der Waals surface area contributed by atoms with Gasteiger partial charge in [-0.15, -0.1) is 0 Å². The summed E-state index contributed by atoms with van der Waals surface area (Å²) in [4.78, 5) is 1.48. The molecule has 0 saturated carbocycles.